The molecule has 10 heavy (non-hydrogen) atoms. The lowest BCUT2D eigenvalue weighted by Gasteiger charge is -2.08. The van der Waals surface area contributed by atoms with Crippen molar-refractivity contribution >= 4 is 21.8 Å². The summed E-state index contributed by atoms with van der Waals surface area (Å²) in [6.07, 6.45) is 5.28. The Morgan fingerprint density at radius 2 is 2.70 bits per heavy atom. The molecule has 1 aliphatic rings. The van der Waals surface area contributed by atoms with Crippen LogP contribution in [0.1, 0.15) is 7.79 Å². The minimum absolute atomic E-state index is 0.347. The molecule has 1 rings (SSSR count). The molecule has 1 aliphatic carbocycles. The van der Waals surface area contributed by atoms with Gasteiger partial charge in [-0.1, -0.05) is 34.2 Å². The van der Waals surface area contributed by atoms with Crippen LogP contribution in [0.2, 0.25) is 0 Å². The van der Waals surface area contributed by atoms with E-state index in [0.717, 1.165) is 4.48 Å². The third-order valence-electron chi connectivity index (χ3n) is 1.28. The molecule has 2 N–H and O–H groups in total. The molecule has 1 unspecified atom stereocenters. The number of allylic oxidation sites excluding steroid dienone is 3. The highest BCUT2D eigenvalue weighted by Crippen LogP contribution is 2.19. The van der Waals surface area contributed by atoms with Crippen molar-refractivity contribution < 1.29 is 6.17 Å². The fraction of sp³-hybridized carbons (Fsp3) is 0.286. The van der Waals surface area contributed by atoms with Crippen molar-refractivity contribution in [2.75, 3.05) is 0 Å². The van der Waals surface area contributed by atoms with E-state index in [1.807, 2.05) is 0 Å². The minimum atomic E-state index is -1.24. The fourth-order valence-electron chi connectivity index (χ4n) is 0.706. The van der Waals surface area contributed by atoms with Crippen LogP contribution < -0.4 is 5.73 Å². The van der Waals surface area contributed by atoms with E-state index in [0.29, 0.717) is 6.42 Å². The highest BCUT2D eigenvalue weighted by molar-refractivity contribution is 9.11. The zero-order valence-corrected chi connectivity index (χ0v) is 6.89. The summed E-state index contributed by atoms with van der Waals surface area (Å²) in [6.45, 7) is 0. The van der Waals surface area contributed by atoms with E-state index in [9.17, 15) is 4.79 Å². The van der Waals surface area contributed by atoms with E-state index in [4.69, 9.17) is 7.10 Å². The largest absolute Gasteiger partial charge is 0.369 e. The van der Waals surface area contributed by atoms with Crippen molar-refractivity contribution in [2.45, 2.75) is 6.42 Å². The maximum Gasteiger partial charge on any atom is 0.224 e. The summed E-state index contributed by atoms with van der Waals surface area (Å²) in [6, 6.07) is 0. The van der Waals surface area contributed by atoms with E-state index in [2.05, 4.69) is 15.9 Å². The molecule has 0 spiro atoms. The molecule has 1 atom stereocenters. The maximum atomic E-state index is 10.7. The first-order valence-electron chi connectivity index (χ1n) is 3.39. The van der Waals surface area contributed by atoms with Gasteiger partial charge in [0, 0.05) is 5.85 Å². The van der Waals surface area contributed by atoms with E-state index < -0.39 is 11.8 Å². The van der Waals surface area contributed by atoms with Gasteiger partial charge in [0.1, 0.15) is 0 Å². The number of primary amides is 1. The Morgan fingerprint density at radius 3 is 3.10 bits per heavy atom. The second kappa shape index (κ2) is 3.01. The van der Waals surface area contributed by atoms with Gasteiger partial charge in [-0.2, -0.15) is 0 Å². The first kappa shape index (κ1) is 6.16. The van der Waals surface area contributed by atoms with Crippen LogP contribution in [0.5, 0.6) is 0 Å². The van der Waals surface area contributed by atoms with Crippen molar-refractivity contribution in [2.24, 2.45) is 11.6 Å². The summed E-state index contributed by atoms with van der Waals surface area (Å²) in [5.41, 5.74) is 5.02. The van der Waals surface area contributed by atoms with Gasteiger partial charge in [-0.25, -0.2) is 0 Å². The number of nitrogens with two attached hydrogens (primary N) is 1. The number of rotatable bonds is 1. The van der Waals surface area contributed by atoms with Gasteiger partial charge in [0.2, 0.25) is 5.91 Å². The van der Waals surface area contributed by atoms with Crippen molar-refractivity contribution in [3.8, 4) is 0 Å². The second-order valence-corrected chi connectivity index (χ2v) is 2.93. The van der Waals surface area contributed by atoms with Crippen molar-refractivity contribution in [1.29, 1.82) is 0 Å². The van der Waals surface area contributed by atoms with E-state index in [1.165, 1.54) is 6.08 Å². The Hall–Kier alpha value is -0.570. The molecule has 54 valence electrons. The van der Waals surface area contributed by atoms with Gasteiger partial charge in [0.25, 0.3) is 0 Å². The molecule has 0 fully saturated rings. The monoisotopic (exact) mass is 202 g/mol. The molecule has 0 heterocycles. The quantitative estimate of drug-likeness (QED) is 0.686. The number of hydrogen-bond acceptors (Lipinski definition) is 1. The molecule has 0 aliphatic heterocycles. The maximum absolute atomic E-state index is 10.7. The predicted octanol–water partition coefficient (Wildman–Crippen LogP) is 1.33. The molecule has 0 aromatic carbocycles. The summed E-state index contributed by atoms with van der Waals surface area (Å²) < 4.78 is 8.43. The van der Waals surface area contributed by atoms with Crippen LogP contribution in [-0.4, -0.2) is 5.91 Å². The zero-order chi connectivity index (χ0) is 8.48. The molecule has 0 saturated heterocycles. The molecule has 2 nitrogen and oxygen atoms in total. The molecule has 1 amide bonds. The Bertz CT molecular complexity index is 249. The lowest BCUT2D eigenvalue weighted by atomic mass is 10.0. The van der Waals surface area contributed by atoms with Gasteiger partial charge in [-0.3, -0.25) is 4.79 Å². The van der Waals surface area contributed by atoms with Crippen LogP contribution in [0.15, 0.2) is 22.7 Å². The van der Waals surface area contributed by atoms with Gasteiger partial charge in [0.15, 0.2) is 0 Å². The molecule has 3 heteroatoms. The van der Waals surface area contributed by atoms with Crippen LogP contribution in [0.4, 0.5) is 0 Å². The Morgan fingerprint density at radius 1 is 2.00 bits per heavy atom. The standard InChI is InChI=1S/C7H8BrNO/c8-6-3-1-5(2-4-6)7(9)10/h1,3-5H,2H2,(H2,9,10)/i5D. The van der Waals surface area contributed by atoms with Gasteiger partial charge < -0.3 is 5.73 Å². The predicted molar refractivity (Wildman–Crippen MR) is 43.5 cm³/mol. The molecule has 0 bridgehead atoms. The molecule has 0 saturated carbocycles. The van der Waals surface area contributed by atoms with Crippen LogP contribution >= 0.6 is 15.9 Å². The molecule has 0 radical (unpaired) electrons. The average molecular weight is 203 g/mol. The highest BCUT2D eigenvalue weighted by atomic mass is 79.9. The normalized spacial score (nSPS) is 32.9. The van der Waals surface area contributed by atoms with Crippen LogP contribution in [-0.2, 0) is 4.79 Å². The summed E-state index contributed by atoms with van der Waals surface area (Å²) >= 11 is 3.23. The lowest BCUT2D eigenvalue weighted by Crippen LogP contribution is -2.21. The first-order valence-corrected chi connectivity index (χ1v) is 3.69. The van der Waals surface area contributed by atoms with Crippen molar-refractivity contribution in [3.05, 3.63) is 22.7 Å². The topological polar surface area (TPSA) is 43.1 Å². The van der Waals surface area contributed by atoms with Gasteiger partial charge in [-0.05, 0) is 6.42 Å². The van der Waals surface area contributed by atoms with Crippen molar-refractivity contribution in [3.63, 3.8) is 0 Å². The van der Waals surface area contributed by atoms with Gasteiger partial charge in [-0.15, -0.1) is 0 Å². The minimum Gasteiger partial charge on any atom is -0.369 e. The smallest absolute Gasteiger partial charge is 0.224 e. The zero-order valence-electron chi connectivity index (χ0n) is 6.30. The number of amides is 1. The first-order chi connectivity index (χ1) is 5.04. The van der Waals surface area contributed by atoms with E-state index >= 15 is 0 Å². The molecule has 0 aromatic rings. The SMILES string of the molecule is [2H]C1(C(N)=O)C=CC(Br)=CC1. The summed E-state index contributed by atoms with van der Waals surface area (Å²) in [4.78, 5) is 10.7. The number of halogens is 1. The van der Waals surface area contributed by atoms with Gasteiger partial charge >= 0.3 is 0 Å². The summed E-state index contributed by atoms with van der Waals surface area (Å²) in [5, 5.41) is 0. The number of carbonyl (C=O) groups excluding carboxylic acids is 1. The van der Waals surface area contributed by atoms with Gasteiger partial charge in [0.05, 0.1) is 5.89 Å². The average Bonchev–Trinajstić information content (AvgIpc) is 1.95. The fourth-order valence-corrected chi connectivity index (χ4v) is 1.00. The Labute approximate surface area is 69.3 Å². The third-order valence-corrected chi connectivity index (χ3v) is 1.87. The second-order valence-electron chi connectivity index (χ2n) is 2.02. The third kappa shape index (κ3) is 1.70. The van der Waals surface area contributed by atoms with E-state index in [1.54, 1.807) is 12.2 Å². The highest BCUT2D eigenvalue weighted by Gasteiger charge is 2.12. The summed E-state index contributed by atoms with van der Waals surface area (Å²) in [5.74, 6) is -1.85. The summed E-state index contributed by atoms with van der Waals surface area (Å²) in [7, 11) is 0. The van der Waals surface area contributed by atoms with Crippen LogP contribution in [0.25, 0.3) is 0 Å². The molecular weight excluding hydrogens is 194 g/mol. The number of carbonyl (C=O) groups is 1. The van der Waals surface area contributed by atoms with Crippen molar-refractivity contribution in [1.82, 2.24) is 0 Å². The molecular formula is C7H8BrNO. The Kier molecular flexibility index (Phi) is 1.86. The molecule has 0 aromatic heterocycles. The Balaban J connectivity index is 2.82. The lowest BCUT2D eigenvalue weighted by molar-refractivity contribution is -0.120. The van der Waals surface area contributed by atoms with Crippen LogP contribution in [0, 0.1) is 5.89 Å². The van der Waals surface area contributed by atoms with E-state index in [-0.39, 0.29) is 0 Å². The number of hydrogen-bond donors (Lipinski definition) is 1. The van der Waals surface area contributed by atoms with Crippen LogP contribution in [0.3, 0.4) is 0 Å².